The van der Waals surface area contributed by atoms with E-state index in [2.05, 4.69) is 20.3 Å². The second kappa shape index (κ2) is 5.55. The van der Waals surface area contributed by atoms with E-state index in [1.54, 1.807) is 13.3 Å². The van der Waals surface area contributed by atoms with Gasteiger partial charge >= 0.3 is 0 Å². The van der Waals surface area contributed by atoms with E-state index in [1.807, 2.05) is 19.1 Å². The van der Waals surface area contributed by atoms with Crippen LogP contribution < -0.4 is 15.8 Å². The molecule has 2 aromatic heterocycles. The standard InChI is InChI=1S/C15H19N5O/c1-9-13(16)19-15(11-3-4-11)20-14(9)18-8-10-5-6-17-12(7-10)21-2/h5-7,11H,3-4,8H2,1-2H3,(H3,16,18,19,20). The first-order valence-electron chi connectivity index (χ1n) is 7.04. The van der Waals surface area contributed by atoms with Crippen LogP contribution in [0.3, 0.4) is 0 Å². The van der Waals surface area contributed by atoms with Crippen LogP contribution in [-0.2, 0) is 6.54 Å². The van der Waals surface area contributed by atoms with Gasteiger partial charge in [0.1, 0.15) is 17.5 Å². The second-order valence-electron chi connectivity index (χ2n) is 5.27. The summed E-state index contributed by atoms with van der Waals surface area (Å²) in [7, 11) is 1.61. The van der Waals surface area contributed by atoms with Crippen LogP contribution in [0, 0.1) is 6.92 Å². The molecule has 1 fully saturated rings. The molecule has 6 nitrogen and oxygen atoms in total. The fraction of sp³-hybridized carbons (Fsp3) is 0.400. The SMILES string of the molecule is COc1cc(CNc2nc(C3CC3)nc(N)c2C)ccn1. The summed E-state index contributed by atoms with van der Waals surface area (Å²) >= 11 is 0. The van der Waals surface area contributed by atoms with Gasteiger partial charge in [-0.05, 0) is 31.4 Å². The van der Waals surface area contributed by atoms with Crippen molar-refractivity contribution in [3.63, 3.8) is 0 Å². The highest BCUT2D eigenvalue weighted by molar-refractivity contribution is 5.55. The van der Waals surface area contributed by atoms with Crippen LogP contribution in [0.15, 0.2) is 18.3 Å². The Bertz CT molecular complexity index is 655. The van der Waals surface area contributed by atoms with Crippen LogP contribution in [0.2, 0.25) is 0 Å². The third kappa shape index (κ3) is 3.04. The third-order valence-corrected chi connectivity index (χ3v) is 3.61. The summed E-state index contributed by atoms with van der Waals surface area (Å²) in [6, 6.07) is 3.84. The number of nitrogens with zero attached hydrogens (tertiary/aromatic N) is 3. The van der Waals surface area contributed by atoms with Gasteiger partial charge in [0.25, 0.3) is 0 Å². The lowest BCUT2D eigenvalue weighted by Gasteiger charge is -2.12. The number of nitrogens with one attached hydrogen (secondary N) is 1. The fourth-order valence-corrected chi connectivity index (χ4v) is 2.11. The number of pyridine rings is 1. The molecule has 0 atom stereocenters. The van der Waals surface area contributed by atoms with Gasteiger partial charge in [-0.2, -0.15) is 0 Å². The summed E-state index contributed by atoms with van der Waals surface area (Å²) in [4.78, 5) is 13.1. The molecule has 2 aromatic rings. The molecule has 0 aromatic carbocycles. The quantitative estimate of drug-likeness (QED) is 0.876. The smallest absolute Gasteiger partial charge is 0.213 e. The van der Waals surface area contributed by atoms with Crippen molar-refractivity contribution in [2.75, 3.05) is 18.2 Å². The molecule has 0 aliphatic heterocycles. The number of ether oxygens (including phenoxy) is 1. The highest BCUT2D eigenvalue weighted by Gasteiger charge is 2.27. The molecule has 3 rings (SSSR count). The molecular formula is C15H19N5O. The van der Waals surface area contributed by atoms with E-state index in [1.165, 1.54) is 0 Å². The van der Waals surface area contributed by atoms with Gasteiger partial charge in [-0.25, -0.2) is 15.0 Å². The van der Waals surface area contributed by atoms with Crippen LogP contribution in [-0.4, -0.2) is 22.1 Å². The molecule has 0 bridgehead atoms. The van der Waals surface area contributed by atoms with E-state index < -0.39 is 0 Å². The van der Waals surface area contributed by atoms with Gasteiger partial charge in [-0.1, -0.05) is 0 Å². The lowest BCUT2D eigenvalue weighted by atomic mass is 10.2. The van der Waals surface area contributed by atoms with E-state index in [-0.39, 0.29) is 0 Å². The zero-order valence-electron chi connectivity index (χ0n) is 12.3. The van der Waals surface area contributed by atoms with Crippen LogP contribution in [0.25, 0.3) is 0 Å². The summed E-state index contributed by atoms with van der Waals surface area (Å²) in [5.41, 5.74) is 7.95. The van der Waals surface area contributed by atoms with Gasteiger partial charge in [0.2, 0.25) is 5.88 Å². The number of anilines is 2. The maximum absolute atomic E-state index is 5.98. The van der Waals surface area contributed by atoms with Gasteiger partial charge in [0, 0.05) is 30.3 Å². The van der Waals surface area contributed by atoms with Crippen molar-refractivity contribution in [2.45, 2.75) is 32.2 Å². The van der Waals surface area contributed by atoms with Gasteiger partial charge in [-0.3, -0.25) is 0 Å². The first-order valence-corrected chi connectivity index (χ1v) is 7.04. The molecule has 3 N–H and O–H groups in total. The predicted octanol–water partition coefficient (Wildman–Crippen LogP) is 2.26. The van der Waals surface area contributed by atoms with Crippen molar-refractivity contribution >= 4 is 11.6 Å². The molecule has 1 aliphatic rings. The van der Waals surface area contributed by atoms with Crippen LogP contribution in [0.4, 0.5) is 11.6 Å². The summed E-state index contributed by atoms with van der Waals surface area (Å²) in [5.74, 6) is 3.30. The van der Waals surface area contributed by atoms with Crippen molar-refractivity contribution in [3.8, 4) is 5.88 Å². The summed E-state index contributed by atoms with van der Waals surface area (Å²) in [5, 5.41) is 3.33. The zero-order chi connectivity index (χ0) is 14.8. The number of nitrogens with two attached hydrogens (primary N) is 1. The monoisotopic (exact) mass is 285 g/mol. The van der Waals surface area contributed by atoms with Crippen molar-refractivity contribution in [2.24, 2.45) is 0 Å². The Morgan fingerprint density at radius 2 is 2.19 bits per heavy atom. The number of methoxy groups -OCH3 is 1. The lowest BCUT2D eigenvalue weighted by Crippen LogP contribution is -2.09. The van der Waals surface area contributed by atoms with Gasteiger partial charge in [0.05, 0.1) is 7.11 Å². The maximum atomic E-state index is 5.98. The molecule has 0 spiro atoms. The predicted molar refractivity (Wildman–Crippen MR) is 81.3 cm³/mol. The second-order valence-corrected chi connectivity index (χ2v) is 5.27. The van der Waals surface area contributed by atoms with E-state index in [4.69, 9.17) is 10.5 Å². The molecule has 6 heteroatoms. The Morgan fingerprint density at radius 3 is 2.90 bits per heavy atom. The minimum atomic E-state index is 0.481. The number of hydrogen-bond acceptors (Lipinski definition) is 6. The largest absolute Gasteiger partial charge is 0.481 e. The molecule has 110 valence electrons. The zero-order valence-corrected chi connectivity index (χ0v) is 12.3. The fourth-order valence-electron chi connectivity index (χ4n) is 2.11. The van der Waals surface area contributed by atoms with E-state index >= 15 is 0 Å². The Hall–Kier alpha value is -2.37. The summed E-state index contributed by atoms with van der Waals surface area (Å²) < 4.78 is 5.12. The third-order valence-electron chi connectivity index (χ3n) is 3.61. The molecule has 0 saturated heterocycles. The van der Waals surface area contributed by atoms with Gasteiger partial charge < -0.3 is 15.8 Å². The minimum Gasteiger partial charge on any atom is -0.481 e. The minimum absolute atomic E-state index is 0.481. The summed E-state index contributed by atoms with van der Waals surface area (Å²) in [6.07, 6.45) is 4.04. The molecule has 0 unspecified atom stereocenters. The Morgan fingerprint density at radius 1 is 1.38 bits per heavy atom. The molecule has 1 aliphatic carbocycles. The van der Waals surface area contributed by atoms with Crippen molar-refractivity contribution < 1.29 is 4.74 Å². The first-order chi connectivity index (χ1) is 10.2. The van der Waals surface area contributed by atoms with Crippen LogP contribution in [0.1, 0.15) is 35.7 Å². The van der Waals surface area contributed by atoms with Gasteiger partial charge in [-0.15, -0.1) is 0 Å². The van der Waals surface area contributed by atoms with E-state index in [0.717, 1.165) is 35.6 Å². The molecular weight excluding hydrogens is 266 g/mol. The number of rotatable bonds is 5. The average molecular weight is 285 g/mol. The molecule has 0 radical (unpaired) electrons. The van der Waals surface area contributed by atoms with Crippen LogP contribution >= 0.6 is 0 Å². The van der Waals surface area contributed by atoms with Crippen molar-refractivity contribution in [3.05, 3.63) is 35.3 Å². The van der Waals surface area contributed by atoms with Gasteiger partial charge in [0.15, 0.2) is 0 Å². The van der Waals surface area contributed by atoms with E-state index in [9.17, 15) is 0 Å². The summed E-state index contributed by atoms with van der Waals surface area (Å²) in [6.45, 7) is 2.57. The Kier molecular flexibility index (Phi) is 3.60. The molecule has 2 heterocycles. The normalized spacial score (nSPS) is 14.0. The number of nitrogen functional groups attached to an aromatic ring is 1. The molecule has 21 heavy (non-hydrogen) atoms. The maximum Gasteiger partial charge on any atom is 0.213 e. The van der Waals surface area contributed by atoms with Crippen LogP contribution in [0.5, 0.6) is 5.88 Å². The Balaban J connectivity index is 1.77. The van der Waals surface area contributed by atoms with Crippen molar-refractivity contribution in [1.29, 1.82) is 0 Å². The number of aromatic nitrogens is 3. The topological polar surface area (TPSA) is 86.0 Å². The molecule has 1 saturated carbocycles. The van der Waals surface area contributed by atoms with Crippen molar-refractivity contribution in [1.82, 2.24) is 15.0 Å². The average Bonchev–Trinajstić information content (AvgIpc) is 3.33. The lowest BCUT2D eigenvalue weighted by molar-refractivity contribution is 0.397. The highest BCUT2D eigenvalue weighted by atomic mass is 16.5. The van der Waals surface area contributed by atoms with E-state index in [0.29, 0.717) is 24.2 Å². The molecule has 0 amide bonds. The highest BCUT2D eigenvalue weighted by Crippen LogP contribution is 2.39. The Labute approximate surface area is 123 Å². The first kappa shape index (κ1) is 13.6. The number of hydrogen-bond donors (Lipinski definition) is 2.